The van der Waals surface area contributed by atoms with Gasteiger partial charge in [-0.3, -0.25) is 14.4 Å². The van der Waals surface area contributed by atoms with Crippen molar-refractivity contribution in [2.75, 3.05) is 33.0 Å². The van der Waals surface area contributed by atoms with Crippen molar-refractivity contribution in [3.63, 3.8) is 0 Å². The molecule has 1 aromatic heterocycles. The van der Waals surface area contributed by atoms with E-state index in [1.54, 1.807) is 0 Å². The van der Waals surface area contributed by atoms with Gasteiger partial charge in [-0.1, -0.05) is 368 Å². The van der Waals surface area contributed by atoms with Gasteiger partial charge in [-0.05, 0) is 243 Å². The van der Waals surface area contributed by atoms with Crippen LogP contribution in [0.15, 0.2) is 87.2 Å². The van der Waals surface area contributed by atoms with Crippen molar-refractivity contribution < 1.29 is 64.0 Å². The molecule has 19 heteroatoms. The first-order chi connectivity index (χ1) is 63.7. The Morgan fingerprint density at radius 3 is 0.655 bits per heavy atom. The molecule has 0 bridgehead atoms. The number of benzene rings is 6. The van der Waals surface area contributed by atoms with E-state index in [-0.39, 0.29) is 81.9 Å². The third-order valence-electron chi connectivity index (χ3n) is 25.6. The zero-order chi connectivity index (χ0) is 106. The number of phenols is 6. The molecular formula is C120H189N3O16. The summed E-state index contributed by atoms with van der Waals surface area (Å²) in [6.07, 6.45) is 24.5. The van der Waals surface area contributed by atoms with Crippen molar-refractivity contribution in [2.24, 2.45) is 0 Å². The number of unbranched alkanes of at least 4 members (excludes halogenated alkanes) is 15. The van der Waals surface area contributed by atoms with Crippen LogP contribution in [-0.4, -0.2) is 95.3 Å². The lowest BCUT2D eigenvalue weighted by Gasteiger charge is -2.29. The summed E-state index contributed by atoms with van der Waals surface area (Å²) < 4.78 is 24.1. The van der Waals surface area contributed by atoms with Gasteiger partial charge in [0.05, 0.1) is 39.5 Å². The van der Waals surface area contributed by atoms with E-state index < -0.39 is 49.6 Å². The second-order valence-corrected chi connectivity index (χ2v) is 50.1. The monoisotopic (exact) mass is 1930 g/mol. The van der Waals surface area contributed by atoms with E-state index in [1.165, 1.54) is 89.9 Å². The van der Waals surface area contributed by atoms with Crippen molar-refractivity contribution >= 4 is 17.9 Å². The van der Waals surface area contributed by atoms with E-state index in [9.17, 15) is 59.4 Å². The number of phenolic OH excluding ortho intramolecular Hbond substituents is 6. The van der Waals surface area contributed by atoms with Gasteiger partial charge in [0.1, 0.15) is 41.1 Å². The van der Waals surface area contributed by atoms with Gasteiger partial charge >= 0.3 is 35.0 Å². The number of aromatic hydroxyl groups is 6. The molecule has 0 atom stereocenters. The Morgan fingerprint density at radius 1 is 0.245 bits per heavy atom. The second-order valence-electron chi connectivity index (χ2n) is 50.1. The highest BCUT2D eigenvalue weighted by Gasteiger charge is 2.35. The van der Waals surface area contributed by atoms with E-state index in [0.717, 1.165) is 76.6 Å². The Labute approximate surface area is 839 Å². The molecule has 0 saturated heterocycles. The zero-order valence-electron chi connectivity index (χ0n) is 93.7. The summed E-state index contributed by atoms with van der Waals surface area (Å²) in [4.78, 5) is 79.6. The smallest absolute Gasteiger partial charge is 0.336 e. The van der Waals surface area contributed by atoms with Crippen LogP contribution in [0.25, 0.3) is 0 Å². The molecule has 6 N–H and O–H groups in total. The van der Waals surface area contributed by atoms with E-state index in [2.05, 4.69) is 123 Å². The number of esters is 3. The maximum absolute atomic E-state index is 14.7. The van der Waals surface area contributed by atoms with Gasteiger partial charge in [-0.2, -0.15) is 0 Å². The summed E-state index contributed by atoms with van der Waals surface area (Å²) in [5.74, 6) is 1.14. The lowest BCUT2D eigenvalue weighted by atomic mass is 9.78. The molecule has 19 nitrogen and oxygen atoms in total. The molecule has 0 aliphatic rings. The van der Waals surface area contributed by atoms with Crippen LogP contribution in [-0.2, 0) is 132 Å². The average molecular weight is 1930 g/mol. The Hall–Kier alpha value is -9.10. The summed E-state index contributed by atoms with van der Waals surface area (Å²) >= 11 is 0. The zero-order valence-corrected chi connectivity index (χ0v) is 93.7. The highest BCUT2D eigenvalue weighted by atomic mass is 16.6. The molecule has 0 saturated carbocycles. The van der Waals surface area contributed by atoms with Crippen LogP contribution in [0.1, 0.15) is 471 Å². The van der Waals surface area contributed by atoms with Crippen LogP contribution >= 0.6 is 0 Å². The minimum atomic E-state index is -0.761. The van der Waals surface area contributed by atoms with E-state index in [4.69, 9.17) is 18.9 Å². The molecule has 139 heavy (non-hydrogen) atoms. The average Bonchev–Trinajstić information content (AvgIpc) is 0.756. The highest BCUT2D eigenvalue weighted by molar-refractivity contribution is 5.71. The number of hydrogen-bond donors (Lipinski definition) is 6. The Morgan fingerprint density at radius 2 is 0.439 bits per heavy atom. The van der Waals surface area contributed by atoms with Crippen molar-refractivity contribution in [1.29, 1.82) is 0 Å². The van der Waals surface area contributed by atoms with Gasteiger partial charge in [0.2, 0.25) is 0 Å². The Balaban J connectivity index is 0.000000421. The third-order valence-corrected chi connectivity index (χ3v) is 25.6. The largest absolute Gasteiger partial charge is 0.507 e. The number of carbonyl (C=O) groups is 3. The van der Waals surface area contributed by atoms with Gasteiger partial charge in [-0.25, -0.2) is 28.1 Å². The first kappa shape index (κ1) is 122. The minimum Gasteiger partial charge on any atom is -0.507 e. The Kier molecular flexibility index (Phi) is 45.5. The van der Waals surface area contributed by atoms with Gasteiger partial charge < -0.3 is 49.6 Å². The number of ether oxygens (including phenoxy) is 4. The molecule has 1 heterocycles. The molecule has 6 aromatic carbocycles. The normalized spacial score (nSPS) is 12.6. The standard InChI is InChI=1S/C48H69N3O6.C35H62O3.C19H30O3.C18H28O4/c1-43(2,3)31-19-28(20-32(37(31)52)44(4,5)6)25-49-40(55)50(26-29-21-33(45(7,8)9)38(53)34(22-29)46(10,11)12)42(57)51(41(49)56)27-30-23-35(47(13,14)15)39(54)36(24-30)48(16,17)18;1-8-9-10-11-12-13-14-15-16-17-18-19-20-21-22-23-26-38-32(36)25-24-29-27-30(34(2,3)4)33(37)31(28-29)35(5,6)7;1-8-22-16(20)10-9-13-11-14(18(2,3)4)17(21)15(12-13)19(5,6)7;1-6-21-9-10-22-16(19)8-7-14-11-13(2)17(20)15(12-14)18(3,4)5/h19-24,52-54H,25-27H2,1-18H3;27-28,37H,8-26H2,1-7H3;11-12,21H,8-10H2,1-7H3;11-12,20H,6-10H2,1-5H3. The first-order valence-corrected chi connectivity index (χ1v) is 51.9. The number of nitrogens with zero attached hydrogens (tertiary/aromatic N) is 3. The molecule has 0 spiro atoms. The van der Waals surface area contributed by atoms with Crippen molar-refractivity contribution in [3.8, 4) is 34.5 Å². The lowest BCUT2D eigenvalue weighted by Crippen LogP contribution is -2.55. The molecule has 0 amide bonds. The molecule has 7 aromatic rings. The van der Waals surface area contributed by atoms with Gasteiger partial charge in [0.25, 0.3) is 0 Å². The molecule has 0 fully saturated rings. The van der Waals surface area contributed by atoms with Crippen molar-refractivity contribution in [1.82, 2.24) is 13.7 Å². The predicted octanol–water partition coefficient (Wildman–Crippen LogP) is 27.9. The maximum Gasteiger partial charge on any atom is 0.336 e. The second kappa shape index (κ2) is 51.7. The van der Waals surface area contributed by atoms with Crippen LogP contribution < -0.4 is 17.1 Å². The van der Waals surface area contributed by atoms with Crippen LogP contribution in [0.2, 0.25) is 0 Å². The van der Waals surface area contributed by atoms with Crippen LogP contribution in [0, 0.1) is 6.92 Å². The summed E-state index contributed by atoms with van der Waals surface area (Å²) in [6.45, 7) is 77.2. The van der Waals surface area contributed by atoms with Crippen LogP contribution in [0.3, 0.4) is 0 Å². The number of carbonyl (C=O) groups excluding carboxylic acids is 3. The van der Waals surface area contributed by atoms with Crippen LogP contribution in [0.5, 0.6) is 34.5 Å². The van der Waals surface area contributed by atoms with E-state index in [1.807, 2.05) is 206 Å². The lowest BCUT2D eigenvalue weighted by molar-refractivity contribution is -0.145. The summed E-state index contributed by atoms with van der Waals surface area (Å²) in [5.41, 5.74) is 9.02. The number of aromatic nitrogens is 3. The topological polar surface area (TPSA) is 276 Å². The summed E-state index contributed by atoms with van der Waals surface area (Å²) in [6, 6.07) is 23.1. The fourth-order valence-electron chi connectivity index (χ4n) is 17.3. The van der Waals surface area contributed by atoms with E-state index in [0.29, 0.717) is 139 Å². The predicted molar refractivity (Wildman–Crippen MR) is 575 cm³/mol. The highest BCUT2D eigenvalue weighted by Crippen LogP contribution is 2.47. The quantitative estimate of drug-likeness (QED) is 0.0120. The molecule has 0 radical (unpaired) electrons. The SMILES string of the molecule is CC(C)(C)c1cc(Cn2c(=O)n(Cc3cc(C(C)(C)C)c(O)c(C(C)(C)C)c3)c(=O)n(Cc3cc(C(C)(C)C)c(O)c(C(C)(C)C)c3)c2=O)cc(C(C)(C)C)c1O.CCCCCCCCCCCCCCCCCCOC(=O)CCc1cc(C(C)(C)C)c(O)c(C(C)(C)C)c1.CCOC(=O)CCc1cc(C(C)(C)C)c(O)c(C(C)(C)C)c1.CCOCCOC(=O)CCc1cc(C)c(O)c(C(C)(C)C)c1. The molecule has 7 rings (SSSR count). The third kappa shape index (κ3) is 38.6. The van der Waals surface area contributed by atoms with Crippen molar-refractivity contribution in [3.05, 3.63) is 204 Å². The molecule has 0 aliphatic heterocycles. The first-order valence-electron chi connectivity index (χ1n) is 51.9. The molecule has 0 aliphatic carbocycles. The number of rotatable bonds is 37. The van der Waals surface area contributed by atoms with Gasteiger partial charge in [0, 0.05) is 25.9 Å². The number of aryl methyl sites for hydroxylation is 4. The van der Waals surface area contributed by atoms with E-state index >= 15 is 0 Å². The summed E-state index contributed by atoms with van der Waals surface area (Å²) in [5, 5.41) is 66.1. The Bertz CT molecular complexity index is 4870. The molecule has 0 unspecified atom stereocenters. The number of hydrogen-bond acceptors (Lipinski definition) is 16. The maximum atomic E-state index is 14.7. The van der Waals surface area contributed by atoms with Crippen molar-refractivity contribution in [2.45, 2.75) is 477 Å². The van der Waals surface area contributed by atoms with Gasteiger partial charge in [0.15, 0.2) is 0 Å². The fraction of sp³-hybridized carbons (Fsp3) is 0.650. The minimum absolute atomic E-state index is 0.117. The fourth-order valence-corrected chi connectivity index (χ4v) is 17.3. The van der Waals surface area contributed by atoms with Crippen LogP contribution in [0.4, 0.5) is 0 Å². The summed E-state index contributed by atoms with van der Waals surface area (Å²) in [7, 11) is 0. The molecular weight excluding hydrogens is 1740 g/mol. The molecule has 780 valence electrons. The van der Waals surface area contributed by atoms with Gasteiger partial charge in [-0.15, -0.1) is 0 Å².